The Balaban J connectivity index is 1.45. The molecule has 178 valence electrons. The zero-order valence-electron chi connectivity index (χ0n) is 18.2. The number of hydrogen-bond acceptors (Lipinski definition) is 8. The molecule has 1 fully saturated rings. The normalized spacial score (nSPS) is 20.2. The van der Waals surface area contributed by atoms with Crippen LogP contribution in [0.3, 0.4) is 0 Å². The maximum Gasteiger partial charge on any atom is 0.407 e. The van der Waals surface area contributed by atoms with Gasteiger partial charge in [-0.1, -0.05) is 13.8 Å². The number of carboxylic acids is 1. The van der Waals surface area contributed by atoms with Crippen molar-refractivity contribution in [2.24, 2.45) is 5.92 Å². The molecule has 3 rings (SSSR count). The summed E-state index contributed by atoms with van der Waals surface area (Å²) in [6, 6.07) is 5.59. The fourth-order valence-electron chi connectivity index (χ4n) is 3.95. The SMILES string of the molecule is CCS[C@H](C)[C@H]1C(=O)N2C(C(=O)O)=C(SCCNC(=O)OCc3ccc([N+](=O)[O-])cc3)C[C@H]12. The zero-order valence-corrected chi connectivity index (χ0v) is 19.8. The summed E-state index contributed by atoms with van der Waals surface area (Å²) >= 11 is 3.02. The van der Waals surface area contributed by atoms with Crippen molar-refractivity contribution in [2.75, 3.05) is 18.1 Å². The van der Waals surface area contributed by atoms with Gasteiger partial charge in [0, 0.05) is 41.0 Å². The molecule has 3 atom stereocenters. The lowest BCUT2D eigenvalue weighted by atomic mass is 9.85. The van der Waals surface area contributed by atoms with Gasteiger partial charge >= 0.3 is 12.1 Å². The third-order valence-electron chi connectivity index (χ3n) is 5.47. The number of rotatable bonds is 11. The van der Waals surface area contributed by atoms with Crippen molar-refractivity contribution in [3.63, 3.8) is 0 Å². The molecule has 0 saturated carbocycles. The first-order valence-corrected chi connectivity index (χ1v) is 12.5. The van der Waals surface area contributed by atoms with Crippen LogP contribution in [0.1, 0.15) is 25.8 Å². The van der Waals surface area contributed by atoms with E-state index in [4.69, 9.17) is 4.74 Å². The van der Waals surface area contributed by atoms with Gasteiger partial charge in [-0.15, -0.1) is 11.8 Å². The molecule has 1 saturated heterocycles. The Morgan fingerprint density at radius 1 is 1.36 bits per heavy atom. The average molecular weight is 496 g/mol. The number of carboxylic acid groups (broad SMARTS) is 1. The predicted octanol–water partition coefficient (Wildman–Crippen LogP) is 3.22. The van der Waals surface area contributed by atoms with Crippen molar-refractivity contribution in [3.05, 3.63) is 50.5 Å². The van der Waals surface area contributed by atoms with Gasteiger partial charge in [0.25, 0.3) is 5.69 Å². The number of hydrogen-bond donors (Lipinski definition) is 2. The number of non-ortho nitro benzene ring substituents is 1. The van der Waals surface area contributed by atoms with E-state index in [2.05, 4.69) is 5.32 Å². The van der Waals surface area contributed by atoms with E-state index >= 15 is 0 Å². The molecule has 0 unspecified atom stereocenters. The van der Waals surface area contributed by atoms with E-state index in [1.54, 1.807) is 11.8 Å². The van der Waals surface area contributed by atoms with Crippen molar-refractivity contribution < 1.29 is 29.2 Å². The minimum absolute atomic E-state index is 0.0284. The lowest BCUT2D eigenvalue weighted by Gasteiger charge is -2.45. The number of amides is 2. The van der Waals surface area contributed by atoms with Gasteiger partial charge in [0.1, 0.15) is 12.3 Å². The van der Waals surface area contributed by atoms with E-state index in [1.165, 1.54) is 40.9 Å². The Hall–Kier alpha value is -2.73. The van der Waals surface area contributed by atoms with Gasteiger partial charge in [-0.3, -0.25) is 14.9 Å². The summed E-state index contributed by atoms with van der Waals surface area (Å²) in [5.41, 5.74) is 0.630. The van der Waals surface area contributed by atoms with Crippen molar-refractivity contribution in [1.82, 2.24) is 10.2 Å². The van der Waals surface area contributed by atoms with Gasteiger partial charge in [0.05, 0.1) is 16.9 Å². The highest BCUT2D eigenvalue weighted by Gasteiger charge is 2.56. The molecule has 2 heterocycles. The second-order valence-electron chi connectivity index (χ2n) is 7.52. The molecule has 2 aliphatic heterocycles. The molecule has 12 heteroatoms. The van der Waals surface area contributed by atoms with Crippen LogP contribution < -0.4 is 5.32 Å². The maximum atomic E-state index is 12.6. The van der Waals surface area contributed by atoms with Crippen LogP contribution in [0.2, 0.25) is 0 Å². The maximum absolute atomic E-state index is 12.6. The van der Waals surface area contributed by atoms with Crippen molar-refractivity contribution in [1.29, 1.82) is 0 Å². The van der Waals surface area contributed by atoms with E-state index in [-0.39, 0.29) is 47.7 Å². The molecule has 33 heavy (non-hydrogen) atoms. The Bertz CT molecular complexity index is 967. The molecule has 2 N–H and O–H groups in total. The Labute approximate surface area is 199 Å². The molecule has 2 amide bonds. The summed E-state index contributed by atoms with van der Waals surface area (Å²) < 4.78 is 5.09. The van der Waals surface area contributed by atoms with Crippen LogP contribution in [0.5, 0.6) is 0 Å². The highest BCUT2D eigenvalue weighted by atomic mass is 32.2. The van der Waals surface area contributed by atoms with Gasteiger partial charge < -0.3 is 20.1 Å². The number of aliphatic carboxylic acids is 1. The summed E-state index contributed by atoms with van der Waals surface area (Å²) in [4.78, 5) is 48.4. The van der Waals surface area contributed by atoms with Crippen LogP contribution in [0, 0.1) is 16.0 Å². The number of β-lactam (4-membered cyclic amide) rings is 1. The topological polar surface area (TPSA) is 139 Å². The van der Waals surface area contributed by atoms with E-state index in [1.807, 2.05) is 13.8 Å². The number of nitro groups is 1. The van der Waals surface area contributed by atoms with Gasteiger partial charge in [0.2, 0.25) is 5.91 Å². The number of fused-ring (bicyclic) bond motifs is 1. The average Bonchev–Trinajstić information content (AvgIpc) is 3.10. The van der Waals surface area contributed by atoms with E-state index in [9.17, 15) is 29.6 Å². The highest BCUT2D eigenvalue weighted by Crippen LogP contribution is 2.48. The first-order valence-electron chi connectivity index (χ1n) is 10.4. The molecule has 1 aromatic rings. The minimum Gasteiger partial charge on any atom is -0.477 e. The first kappa shape index (κ1) is 24.9. The van der Waals surface area contributed by atoms with Crippen molar-refractivity contribution in [2.45, 2.75) is 38.2 Å². The Morgan fingerprint density at radius 2 is 2.06 bits per heavy atom. The number of benzene rings is 1. The molecule has 10 nitrogen and oxygen atoms in total. The largest absolute Gasteiger partial charge is 0.477 e. The van der Waals surface area contributed by atoms with E-state index < -0.39 is 17.0 Å². The molecule has 0 bridgehead atoms. The third-order valence-corrected chi connectivity index (χ3v) is 7.74. The van der Waals surface area contributed by atoms with Crippen LogP contribution in [-0.4, -0.2) is 62.2 Å². The molecule has 0 radical (unpaired) electrons. The molecule has 1 aromatic carbocycles. The number of carbonyl (C=O) groups excluding carboxylic acids is 2. The summed E-state index contributed by atoms with van der Waals surface area (Å²) in [5.74, 6) is -0.0932. The number of carbonyl (C=O) groups is 3. The molecular formula is C21H25N3O7S2. The second-order valence-corrected chi connectivity index (χ2v) is 10.4. The predicted molar refractivity (Wildman–Crippen MR) is 125 cm³/mol. The Morgan fingerprint density at radius 3 is 2.67 bits per heavy atom. The van der Waals surface area contributed by atoms with Gasteiger partial charge in [-0.25, -0.2) is 9.59 Å². The lowest BCUT2D eigenvalue weighted by molar-refractivity contribution is -0.384. The van der Waals surface area contributed by atoms with Crippen LogP contribution in [-0.2, 0) is 20.9 Å². The summed E-state index contributed by atoms with van der Waals surface area (Å²) in [7, 11) is 0. The molecule has 2 aliphatic rings. The summed E-state index contributed by atoms with van der Waals surface area (Å²) in [5, 5.41) is 23.0. The number of nitrogens with zero attached hydrogens (tertiary/aromatic N) is 2. The van der Waals surface area contributed by atoms with Crippen molar-refractivity contribution in [3.8, 4) is 0 Å². The number of alkyl carbamates (subject to hydrolysis) is 1. The van der Waals surface area contributed by atoms with Crippen LogP contribution in [0.25, 0.3) is 0 Å². The van der Waals surface area contributed by atoms with E-state index in [0.29, 0.717) is 22.6 Å². The van der Waals surface area contributed by atoms with Crippen LogP contribution >= 0.6 is 23.5 Å². The van der Waals surface area contributed by atoms with Gasteiger partial charge in [0.15, 0.2) is 0 Å². The molecule has 0 aromatic heterocycles. The second kappa shape index (κ2) is 10.9. The molecule has 0 spiro atoms. The number of nitro benzene ring substituents is 1. The highest BCUT2D eigenvalue weighted by molar-refractivity contribution is 8.03. The van der Waals surface area contributed by atoms with Crippen molar-refractivity contribution >= 4 is 47.2 Å². The standard InChI is InChI=1S/C21H25N3O7S2/c1-3-32-12(2)17-15-10-16(18(20(26)27)23(15)19(17)25)33-9-8-22-21(28)31-11-13-4-6-14(7-5-13)24(29)30/h4-7,12,15,17H,3,8-11H2,1-2H3,(H,22,28)(H,26,27)/t12-,15-,17-/m1/s1. The van der Waals surface area contributed by atoms with Crippen LogP contribution in [0.15, 0.2) is 34.9 Å². The third kappa shape index (κ3) is 5.61. The van der Waals surface area contributed by atoms with Gasteiger partial charge in [-0.05, 0) is 23.4 Å². The fourth-order valence-corrected chi connectivity index (χ4v) is 6.05. The smallest absolute Gasteiger partial charge is 0.407 e. The monoisotopic (exact) mass is 495 g/mol. The summed E-state index contributed by atoms with van der Waals surface area (Å²) in [6.45, 7) is 4.26. The fraction of sp³-hybridized carbons (Fsp3) is 0.476. The minimum atomic E-state index is -1.11. The van der Waals surface area contributed by atoms with Crippen LogP contribution in [0.4, 0.5) is 10.5 Å². The van der Waals surface area contributed by atoms with Gasteiger partial charge in [-0.2, -0.15) is 11.8 Å². The number of thioether (sulfide) groups is 2. The quantitative estimate of drug-likeness (QED) is 0.205. The number of nitrogens with one attached hydrogen (secondary N) is 1. The summed E-state index contributed by atoms with van der Waals surface area (Å²) in [6.07, 6.45) is -0.126. The molecule has 0 aliphatic carbocycles. The Kier molecular flexibility index (Phi) is 8.25. The lowest BCUT2D eigenvalue weighted by Crippen LogP contribution is -2.61. The zero-order chi connectivity index (χ0) is 24.1. The molecular weight excluding hydrogens is 470 g/mol. The number of ether oxygens (including phenoxy) is 1. The first-order chi connectivity index (χ1) is 15.7. The van der Waals surface area contributed by atoms with E-state index in [0.717, 1.165) is 5.75 Å².